The van der Waals surface area contributed by atoms with Crippen LogP contribution >= 0.6 is 0 Å². The molecule has 1 fully saturated rings. The Hall–Kier alpha value is -3.98. The number of rotatable bonds is 7. The molecule has 0 atom stereocenters. The molecule has 35 heavy (non-hydrogen) atoms. The van der Waals surface area contributed by atoms with Crippen molar-refractivity contribution in [2.75, 3.05) is 31.2 Å². The molecule has 9 heteroatoms. The number of hydrogen-bond acceptors (Lipinski definition) is 6. The normalized spacial score (nSPS) is 13.7. The number of carbonyl (C=O) groups excluding carboxylic acids is 1. The van der Waals surface area contributed by atoms with Crippen molar-refractivity contribution in [2.45, 2.75) is 13.1 Å². The van der Waals surface area contributed by atoms with Gasteiger partial charge < -0.3 is 23.5 Å². The van der Waals surface area contributed by atoms with E-state index in [0.29, 0.717) is 60.3 Å². The highest BCUT2D eigenvalue weighted by atomic mass is 19.1. The number of amides is 1. The summed E-state index contributed by atoms with van der Waals surface area (Å²) in [5.74, 6) is 0.0298. The molecule has 0 N–H and O–H groups in total. The fourth-order valence-corrected chi connectivity index (χ4v) is 4.05. The van der Waals surface area contributed by atoms with Crippen molar-refractivity contribution in [3.63, 3.8) is 0 Å². The lowest BCUT2D eigenvalue weighted by atomic mass is 10.1. The van der Waals surface area contributed by atoms with E-state index in [0.717, 1.165) is 0 Å². The SMILES string of the molecule is O=C(c1ccc(F)cc1)N(Cc1ccco1)Cc1c(-c2ccc(F)cc2)noc1N1CCOCC1. The van der Waals surface area contributed by atoms with Crippen molar-refractivity contribution >= 4 is 11.8 Å². The van der Waals surface area contributed by atoms with Crippen molar-refractivity contribution in [3.05, 3.63) is 95.4 Å². The van der Waals surface area contributed by atoms with Gasteiger partial charge in [-0.2, -0.15) is 0 Å². The summed E-state index contributed by atoms with van der Waals surface area (Å²) in [7, 11) is 0. The average molecular weight is 479 g/mol. The van der Waals surface area contributed by atoms with E-state index < -0.39 is 5.82 Å². The van der Waals surface area contributed by atoms with Crippen LogP contribution in [0.1, 0.15) is 21.7 Å². The molecular weight excluding hydrogens is 456 g/mol. The van der Waals surface area contributed by atoms with E-state index in [-0.39, 0.29) is 24.8 Å². The zero-order valence-corrected chi connectivity index (χ0v) is 18.8. The minimum atomic E-state index is -0.425. The van der Waals surface area contributed by atoms with E-state index >= 15 is 0 Å². The van der Waals surface area contributed by atoms with Crippen molar-refractivity contribution in [1.82, 2.24) is 10.1 Å². The molecule has 2 aromatic heterocycles. The summed E-state index contributed by atoms with van der Waals surface area (Å²) in [6.07, 6.45) is 1.54. The van der Waals surface area contributed by atoms with Crippen molar-refractivity contribution in [1.29, 1.82) is 0 Å². The molecule has 3 heterocycles. The van der Waals surface area contributed by atoms with Gasteiger partial charge in [-0.3, -0.25) is 4.79 Å². The third-order valence-corrected chi connectivity index (χ3v) is 5.84. The molecule has 1 aliphatic rings. The van der Waals surface area contributed by atoms with Gasteiger partial charge >= 0.3 is 0 Å². The predicted molar refractivity (Wildman–Crippen MR) is 124 cm³/mol. The van der Waals surface area contributed by atoms with Crippen LogP contribution in [-0.4, -0.2) is 42.3 Å². The first kappa shape index (κ1) is 22.8. The van der Waals surface area contributed by atoms with Crippen LogP contribution in [0.15, 0.2) is 75.9 Å². The molecule has 1 aliphatic heterocycles. The maximum atomic E-state index is 13.6. The zero-order valence-electron chi connectivity index (χ0n) is 18.8. The van der Waals surface area contributed by atoms with E-state index in [1.54, 1.807) is 35.4 Å². The molecule has 180 valence electrons. The Bertz CT molecular complexity index is 1270. The van der Waals surface area contributed by atoms with Gasteiger partial charge in [-0.1, -0.05) is 5.16 Å². The monoisotopic (exact) mass is 479 g/mol. The van der Waals surface area contributed by atoms with Crippen LogP contribution in [0.4, 0.5) is 14.7 Å². The number of furan rings is 1. The molecule has 2 aromatic carbocycles. The summed E-state index contributed by atoms with van der Waals surface area (Å²) in [5.41, 5.74) is 2.20. The molecule has 4 aromatic rings. The van der Waals surface area contributed by atoms with Crippen molar-refractivity contribution < 1.29 is 27.3 Å². The quantitative estimate of drug-likeness (QED) is 0.376. The predicted octanol–water partition coefficient (Wildman–Crippen LogP) is 4.89. The highest BCUT2D eigenvalue weighted by Crippen LogP contribution is 2.34. The second-order valence-corrected chi connectivity index (χ2v) is 8.17. The van der Waals surface area contributed by atoms with Crippen LogP contribution in [0.3, 0.4) is 0 Å². The number of nitrogens with zero attached hydrogens (tertiary/aromatic N) is 3. The molecule has 1 amide bonds. The zero-order chi connectivity index (χ0) is 24.2. The van der Waals surface area contributed by atoms with Gasteiger partial charge in [-0.05, 0) is 60.7 Å². The second kappa shape index (κ2) is 10.1. The van der Waals surface area contributed by atoms with Crippen molar-refractivity contribution in [3.8, 4) is 11.3 Å². The molecule has 0 bridgehead atoms. The van der Waals surface area contributed by atoms with Crippen LogP contribution in [0.25, 0.3) is 11.3 Å². The first-order valence-electron chi connectivity index (χ1n) is 11.2. The largest absolute Gasteiger partial charge is 0.467 e. The maximum Gasteiger partial charge on any atom is 0.254 e. The van der Waals surface area contributed by atoms with Crippen LogP contribution in [-0.2, 0) is 17.8 Å². The summed E-state index contributed by atoms with van der Waals surface area (Å²) >= 11 is 0. The van der Waals surface area contributed by atoms with Gasteiger partial charge in [0.05, 0.1) is 38.1 Å². The maximum absolute atomic E-state index is 13.6. The van der Waals surface area contributed by atoms with E-state index in [4.69, 9.17) is 13.7 Å². The number of aromatic nitrogens is 1. The van der Waals surface area contributed by atoms with Crippen molar-refractivity contribution in [2.24, 2.45) is 0 Å². The Labute approximate surface area is 200 Å². The fourth-order valence-electron chi connectivity index (χ4n) is 4.05. The average Bonchev–Trinajstić information content (AvgIpc) is 3.55. The Morgan fingerprint density at radius 3 is 2.29 bits per heavy atom. The van der Waals surface area contributed by atoms with Gasteiger partial charge in [-0.15, -0.1) is 0 Å². The van der Waals surface area contributed by atoms with Crippen LogP contribution in [0, 0.1) is 11.6 Å². The summed E-state index contributed by atoms with van der Waals surface area (Å²) in [6.45, 7) is 2.61. The third kappa shape index (κ3) is 5.09. The van der Waals surface area contributed by atoms with Gasteiger partial charge in [-0.25, -0.2) is 8.78 Å². The number of halogens is 2. The van der Waals surface area contributed by atoms with E-state index in [1.807, 2.05) is 4.90 Å². The topological polar surface area (TPSA) is 72.0 Å². The first-order chi connectivity index (χ1) is 17.1. The smallest absolute Gasteiger partial charge is 0.254 e. The minimum absolute atomic E-state index is 0.139. The second-order valence-electron chi connectivity index (χ2n) is 8.17. The number of morpholine rings is 1. The minimum Gasteiger partial charge on any atom is -0.467 e. The molecule has 0 unspecified atom stereocenters. The fraction of sp³-hybridized carbons (Fsp3) is 0.231. The molecule has 0 saturated carbocycles. The molecule has 7 nitrogen and oxygen atoms in total. The Morgan fingerprint density at radius 2 is 1.63 bits per heavy atom. The summed E-state index contributed by atoms with van der Waals surface area (Å²) in [5, 5.41) is 4.29. The van der Waals surface area contributed by atoms with Crippen LogP contribution < -0.4 is 4.90 Å². The van der Waals surface area contributed by atoms with Crippen LogP contribution in [0.5, 0.6) is 0 Å². The number of anilines is 1. The van der Waals surface area contributed by atoms with Crippen LogP contribution in [0.2, 0.25) is 0 Å². The van der Waals surface area contributed by atoms with E-state index in [9.17, 15) is 13.6 Å². The number of carbonyl (C=O) groups is 1. The van der Waals surface area contributed by atoms with Gasteiger partial charge in [0, 0.05) is 24.2 Å². The molecule has 1 saturated heterocycles. The molecule has 5 rings (SSSR count). The standard InChI is InChI=1S/C26H23F2N3O4/c27-20-7-3-18(4-8-20)24-23(26(35-29-24)30-11-14-33-15-12-30)17-31(16-22-2-1-13-34-22)25(32)19-5-9-21(28)10-6-19/h1-10,13H,11-12,14-17H2. The molecule has 0 aliphatic carbocycles. The summed E-state index contributed by atoms with van der Waals surface area (Å²) in [6, 6.07) is 14.9. The Morgan fingerprint density at radius 1 is 0.943 bits per heavy atom. The highest BCUT2D eigenvalue weighted by molar-refractivity contribution is 5.94. The summed E-state index contributed by atoms with van der Waals surface area (Å²) in [4.78, 5) is 17.1. The summed E-state index contributed by atoms with van der Waals surface area (Å²) < 4.78 is 43.8. The lowest BCUT2D eigenvalue weighted by Crippen LogP contribution is -2.37. The number of ether oxygens (including phenoxy) is 1. The Kier molecular flexibility index (Phi) is 6.58. The van der Waals surface area contributed by atoms with Gasteiger partial charge in [0.25, 0.3) is 5.91 Å². The highest BCUT2D eigenvalue weighted by Gasteiger charge is 2.28. The first-order valence-corrected chi connectivity index (χ1v) is 11.2. The number of benzene rings is 2. The van der Waals surface area contributed by atoms with E-state index in [2.05, 4.69) is 5.16 Å². The lowest BCUT2D eigenvalue weighted by molar-refractivity contribution is 0.0717. The Balaban J connectivity index is 1.54. The molecule has 0 radical (unpaired) electrons. The van der Waals surface area contributed by atoms with E-state index in [1.165, 1.54) is 36.4 Å². The molecule has 0 spiro atoms. The van der Waals surface area contributed by atoms with Gasteiger partial charge in [0.1, 0.15) is 23.1 Å². The third-order valence-electron chi connectivity index (χ3n) is 5.84. The molecular formula is C26H23F2N3O4. The van der Waals surface area contributed by atoms with Gasteiger partial charge in [0.15, 0.2) is 0 Å². The van der Waals surface area contributed by atoms with Gasteiger partial charge in [0.2, 0.25) is 5.88 Å². The number of hydrogen-bond donors (Lipinski definition) is 0. The lowest BCUT2D eigenvalue weighted by Gasteiger charge is -2.28.